The largest absolute Gasteiger partial charge is 0.456 e. The molecule has 6 heterocycles. The molecule has 0 fully saturated rings. The van der Waals surface area contributed by atoms with Crippen LogP contribution in [0, 0.1) is 0 Å². The fraction of sp³-hybridized carbons (Fsp3) is 0. The molecule has 142 heavy (non-hydrogen) atoms. The molecule has 0 N–H and O–H groups in total. The molecule has 0 saturated heterocycles. The zero-order chi connectivity index (χ0) is 93.1. The number of rotatable bonds is 14. The molecular weight excluding hydrogens is 1770 g/mol. The van der Waals surface area contributed by atoms with Crippen molar-refractivity contribution in [3.8, 4) is 22.3 Å². The lowest BCUT2D eigenvalue weighted by molar-refractivity contribution is 0.668. The normalized spacial score (nSPS) is 11.9. The zero-order valence-corrected chi connectivity index (χ0v) is 78.1. The predicted octanol–water partition coefficient (Wildman–Crippen LogP) is 39.8. The fourth-order valence-electron chi connectivity index (χ4n) is 22.3. The predicted molar refractivity (Wildman–Crippen MR) is 602 cm³/mol. The SMILES string of the molecule is c1ccc(-c2ccc(N(c3ccc4c(c3)sc3c5ccc(N(c6ccc(-c7ccccc7)cc6)c6ccc7oc8ccccc8c7c6)cc5c5ccccc5c43)c3ccc4oc5ccccc5c4c3)cc2)cc1.c1ccc2c(N(c3ccc4c(c3)sc3c5ccc(N(c6ccc7oc8ccccc8c7c6)c6cccc7ccccc67)cc5c5ccccc5c43)c3ccc4oc5ccccc5c4c3)cccc2c1. The molecule has 664 valence electrons. The second-order valence-corrected chi connectivity index (χ2v) is 38.9. The first-order valence-electron chi connectivity index (χ1n) is 48.1. The van der Waals surface area contributed by atoms with Gasteiger partial charge in [0.05, 0.1) is 11.4 Å². The van der Waals surface area contributed by atoms with E-state index in [0.29, 0.717) is 0 Å². The van der Waals surface area contributed by atoms with Crippen LogP contribution in [0.5, 0.6) is 0 Å². The Morgan fingerprint density at radius 1 is 0.141 bits per heavy atom. The van der Waals surface area contributed by atoms with E-state index in [2.05, 4.69) is 456 Å². The summed E-state index contributed by atoms with van der Waals surface area (Å²) in [6, 6.07) is 175. The number of hydrogen-bond donors (Lipinski definition) is 0. The number of nitrogens with zero attached hydrogens (tertiary/aromatic N) is 4. The lowest BCUT2D eigenvalue weighted by Crippen LogP contribution is -2.10. The van der Waals surface area contributed by atoms with Crippen LogP contribution < -0.4 is 19.6 Å². The molecule has 0 amide bonds. The molecule has 8 nitrogen and oxygen atoms in total. The van der Waals surface area contributed by atoms with Crippen molar-refractivity contribution in [1.29, 1.82) is 0 Å². The van der Waals surface area contributed by atoms with Crippen molar-refractivity contribution in [3.63, 3.8) is 0 Å². The van der Waals surface area contributed by atoms with Gasteiger partial charge in [-0.2, -0.15) is 0 Å². The third kappa shape index (κ3) is 13.3. The highest BCUT2D eigenvalue weighted by Crippen LogP contribution is 2.54. The van der Waals surface area contributed by atoms with Crippen molar-refractivity contribution in [2.75, 3.05) is 19.6 Å². The zero-order valence-electron chi connectivity index (χ0n) is 76.4. The van der Waals surface area contributed by atoms with Crippen LogP contribution in [-0.2, 0) is 0 Å². The topological polar surface area (TPSA) is 65.5 Å². The van der Waals surface area contributed by atoms with Gasteiger partial charge in [0, 0.05) is 162 Å². The summed E-state index contributed by atoms with van der Waals surface area (Å²) in [5, 5.41) is 28.6. The van der Waals surface area contributed by atoms with Gasteiger partial charge in [0.2, 0.25) is 0 Å². The van der Waals surface area contributed by atoms with Crippen LogP contribution in [0.4, 0.5) is 68.2 Å². The Hall–Kier alpha value is -18.3. The van der Waals surface area contributed by atoms with Crippen LogP contribution in [0.15, 0.2) is 503 Å². The standard InChI is InChI=1S/C68H42N2O2S.C64H38N2O2S/c1-3-13-43(14-4-1)45-23-27-47(28-24-45)69(50-33-37-64-60(40-50)54-18-9-11-21-62(54)71-64)49-31-35-57-59(39-49)53-17-7-8-20-56(53)67-58-36-32-52(42-66(58)73-68(57)67)70(48-29-25-46(26-30-48)44-15-5-2-6-16-44)51-34-38-65-61(41-51)55-19-10-12-22-63(55)72-65;1-3-17-45-39(13-1)15-11-23-56(45)65(42-29-33-60-54(36-42)48-20-7-9-25-58(48)67-60)41-27-31-51-53(35-41)47-19-5-6-22-50(47)63-52-32-28-44(38-62(52)69-64(51)63)66(57-24-12-16-40-14-2-4-18-46(40)57)43-30-34-61-55(37-43)49-21-8-10-26-59(49)68-61/h1-42H;1-38H. The second kappa shape index (κ2) is 32.7. The molecule has 0 bridgehead atoms. The summed E-state index contributed by atoms with van der Waals surface area (Å²) in [7, 11) is 0. The van der Waals surface area contributed by atoms with Crippen LogP contribution in [0.1, 0.15) is 0 Å². The average molecular weight is 1850 g/mol. The molecule has 0 aliphatic carbocycles. The molecule has 6 aromatic heterocycles. The smallest absolute Gasteiger partial charge is 0.135 e. The lowest BCUT2D eigenvalue weighted by atomic mass is 9.96. The highest BCUT2D eigenvalue weighted by Gasteiger charge is 2.28. The molecule has 0 unspecified atom stereocenters. The fourth-order valence-corrected chi connectivity index (χ4v) is 24.8. The summed E-state index contributed by atoms with van der Waals surface area (Å²) < 4.78 is 30.3. The molecular formula is C132H80N4O4S2. The van der Waals surface area contributed by atoms with E-state index in [4.69, 9.17) is 17.7 Å². The highest BCUT2D eigenvalue weighted by molar-refractivity contribution is 7.27. The third-order valence-electron chi connectivity index (χ3n) is 28.8. The van der Waals surface area contributed by atoms with Gasteiger partial charge in [0.15, 0.2) is 0 Å². The molecule has 30 rings (SSSR count). The number of hydrogen-bond acceptors (Lipinski definition) is 10. The van der Waals surface area contributed by atoms with Gasteiger partial charge in [-0.3, -0.25) is 0 Å². The van der Waals surface area contributed by atoms with E-state index in [9.17, 15) is 0 Å². The number of benzene rings is 24. The molecule has 0 aliphatic rings. The molecule has 0 saturated carbocycles. The van der Waals surface area contributed by atoms with Crippen molar-refractivity contribution in [2.24, 2.45) is 0 Å². The summed E-state index contributed by atoms with van der Waals surface area (Å²) >= 11 is 3.76. The molecule has 10 heteroatoms. The quantitative estimate of drug-likeness (QED) is 0.0998. The van der Waals surface area contributed by atoms with E-state index in [1.54, 1.807) is 0 Å². The second-order valence-electron chi connectivity index (χ2n) is 36.8. The van der Waals surface area contributed by atoms with Crippen molar-refractivity contribution in [1.82, 2.24) is 0 Å². The monoisotopic (exact) mass is 1850 g/mol. The van der Waals surface area contributed by atoms with Crippen LogP contribution in [-0.4, -0.2) is 0 Å². The Kier molecular flexibility index (Phi) is 18.6. The van der Waals surface area contributed by atoms with Crippen molar-refractivity contribution in [2.45, 2.75) is 0 Å². The molecule has 24 aromatic carbocycles. The van der Waals surface area contributed by atoms with Gasteiger partial charge in [-0.05, 0) is 247 Å². The molecule has 0 radical (unpaired) electrons. The van der Waals surface area contributed by atoms with Gasteiger partial charge in [-0.15, -0.1) is 22.7 Å². The number of para-hydroxylation sites is 4. The van der Waals surface area contributed by atoms with E-state index in [0.717, 1.165) is 156 Å². The lowest BCUT2D eigenvalue weighted by Gasteiger charge is -2.27. The number of fused-ring (bicyclic) bond motifs is 30. The van der Waals surface area contributed by atoms with Crippen molar-refractivity contribution >= 4 is 284 Å². The van der Waals surface area contributed by atoms with Crippen LogP contribution >= 0.6 is 22.7 Å². The minimum Gasteiger partial charge on any atom is -0.456 e. The molecule has 0 atom stereocenters. The third-order valence-corrected chi connectivity index (χ3v) is 31.2. The van der Waals surface area contributed by atoms with Gasteiger partial charge >= 0.3 is 0 Å². The van der Waals surface area contributed by atoms with E-state index >= 15 is 0 Å². The van der Waals surface area contributed by atoms with Gasteiger partial charge in [-0.25, -0.2) is 0 Å². The summed E-state index contributed by atoms with van der Waals surface area (Å²) in [6.07, 6.45) is 0. The Balaban J connectivity index is 0.000000136. The summed E-state index contributed by atoms with van der Waals surface area (Å²) in [5.41, 5.74) is 24.9. The minimum atomic E-state index is 0.876. The number of furan rings is 4. The number of anilines is 12. The van der Waals surface area contributed by atoms with Gasteiger partial charge in [0.1, 0.15) is 44.7 Å². The van der Waals surface area contributed by atoms with E-state index in [1.165, 1.54) is 127 Å². The van der Waals surface area contributed by atoms with E-state index in [-0.39, 0.29) is 0 Å². The van der Waals surface area contributed by atoms with Gasteiger partial charge in [-0.1, -0.05) is 303 Å². The van der Waals surface area contributed by atoms with Crippen molar-refractivity contribution < 1.29 is 17.7 Å². The van der Waals surface area contributed by atoms with Crippen molar-refractivity contribution in [3.05, 3.63) is 485 Å². The Morgan fingerprint density at radius 2 is 0.387 bits per heavy atom. The molecule has 30 aromatic rings. The summed E-state index contributed by atoms with van der Waals surface area (Å²) in [5.74, 6) is 0. The Bertz CT molecular complexity index is 10400. The first kappa shape index (κ1) is 80.9. The highest BCUT2D eigenvalue weighted by atomic mass is 32.1. The first-order chi connectivity index (χ1) is 70.4. The van der Waals surface area contributed by atoms with Gasteiger partial charge < -0.3 is 37.3 Å². The first-order valence-corrected chi connectivity index (χ1v) is 49.7. The molecule has 0 spiro atoms. The van der Waals surface area contributed by atoms with Crippen LogP contribution in [0.2, 0.25) is 0 Å². The Labute approximate surface area is 822 Å². The summed E-state index contributed by atoms with van der Waals surface area (Å²) in [6.45, 7) is 0. The Morgan fingerprint density at radius 3 is 0.746 bits per heavy atom. The van der Waals surface area contributed by atoms with E-state index < -0.39 is 0 Å². The summed E-state index contributed by atoms with van der Waals surface area (Å²) in [4.78, 5) is 9.61. The molecule has 0 aliphatic heterocycles. The van der Waals surface area contributed by atoms with Crippen LogP contribution in [0.3, 0.4) is 0 Å². The number of thiophene rings is 2. The maximum atomic E-state index is 6.33. The maximum Gasteiger partial charge on any atom is 0.135 e. The minimum absolute atomic E-state index is 0.876. The van der Waals surface area contributed by atoms with E-state index in [1.807, 2.05) is 71.2 Å². The van der Waals surface area contributed by atoms with Crippen LogP contribution in [0.25, 0.3) is 215 Å². The van der Waals surface area contributed by atoms with Gasteiger partial charge in [0.25, 0.3) is 0 Å². The maximum absolute atomic E-state index is 6.33. The average Bonchev–Trinajstić information content (AvgIpc) is 1.46.